The normalized spacial score (nSPS) is 27.1. The zero-order valence-corrected chi connectivity index (χ0v) is 14.6. The molecule has 1 aromatic heterocycles. The van der Waals surface area contributed by atoms with Crippen molar-refractivity contribution < 1.29 is 22.7 Å². The van der Waals surface area contributed by atoms with Gasteiger partial charge in [-0.05, 0) is 11.4 Å². The number of rotatable bonds is 2. The van der Waals surface area contributed by atoms with Crippen molar-refractivity contribution in [2.24, 2.45) is 0 Å². The van der Waals surface area contributed by atoms with Crippen LogP contribution in [0, 0.1) is 0 Å². The molecule has 1 aromatic rings. The van der Waals surface area contributed by atoms with E-state index in [1.54, 1.807) is 11.0 Å². The number of amides is 1. The Hall–Kier alpha value is -1.00. The average molecular weight is 360 g/mol. The van der Waals surface area contributed by atoms with Crippen molar-refractivity contribution in [3.05, 3.63) is 22.4 Å². The summed E-state index contributed by atoms with van der Waals surface area (Å²) < 4.78 is 36.6. The highest BCUT2D eigenvalue weighted by atomic mass is 32.2. The van der Waals surface area contributed by atoms with Crippen molar-refractivity contribution >= 4 is 27.3 Å². The zero-order chi connectivity index (χ0) is 16.5. The van der Waals surface area contributed by atoms with Crippen LogP contribution in [0.5, 0.6) is 0 Å². The highest BCUT2D eigenvalue weighted by molar-refractivity contribution is 7.88. The van der Waals surface area contributed by atoms with Crippen LogP contribution in [0.3, 0.4) is 0 Å². The van der Waals surface area contributed by atoms with Crippen molar-refractivity contribution in [3.63, 3.8) is 0 Å². The van der Waals surface area contributed by atoms with Gasteiger partial charge in [-0.15, -0.1) is 0 Å². The summed E-state index contributed by atoms with van der Waals surface area (Å²) in [5.41, 5.74) is -0.148. The second-order valence-electron chi connectivity index (χ2n) is 5.92. The van der Waals surface area contributed by atoms with Crippen molar-refractivity contribution in [1.82, 2.24) is 9.21 Å². The molecule has 9 heteroatoms. The molecular formula is C14H20N2O5S2. The first-order valence-electron chi connectivity index (χ1n) is 7.38. The van der Waals surface area contributed by atoms with Crippen molar-refractivity contribution in [3.8, 4) is 0 Å². The van der Waals surface area contributed by atoms with Gasteiger partial charge >= 0.3 is 0 Å². The molecule has 1 atom stereocenters. The minimum atomic E-state index is -3.33. The third-order valence-electron chi connectivity index (χ3n) is 4.09. The minimum absolute atomic E-state index is 0.0518. The SMILES string of the molecule is CS(=O)(=O)N1CCOC[C@@]2(CN(C(=O)c3ccsc3)CCO2)C1. The van der Waals surface area contributed by atoms with Crippen molar-refractivity contribution in [2.75, 3.05) is 52.3 Å². The molecule has 7 nitrogen and oxygen atoms in total. The fourth-order valence-corrected chi connectivity index (χ4v) is 4.43. The van der Waals surface area contributed by atoms with Crippen LogP contribution < -0.4 is 0 Å². The summed E-state index contributed by atoms with van der Waals surface area (Å²) in [6.07, 6.45) is 1.18. The predicted molar refractivity (Wildman–Crippen MR) is 86.1 cm³/mol. The largest absolute Gasteiger partial charge is 0.377 e. The summed E-state index contributed by atoms with van der Waals surface area (Å²) in [5, 5.41) is 3.68. The van der Waals surface area contributed by atoms with Gasteiger partial charge in [-0.1, -0.05) is 0 Å². The number of hydrogen-bond acceptors (Lipinski definition) is 6. The lowest BCUT2D eigenvalue weighted by Crippen LogP contribution is -2.60. The van der Waals surface area contributed by atoms with E-state index in [2.05, 4.69) is 0 Å². The lowest BCUT2D eigenvalue weighted by molar-refractivity contribution is -0.129. The van der Waals surface area contributed by atoms with Gasteiger partial charge in [0.05, 0.1) is 38.2 Å². The molecule has 3 heterocycles. The molecule has 2 aliphatic rings. The standard InChI is InChI=1S/C14H20N2O5S2/c1-23(18,19)16-4-5-20-11-14(10-16)9-15(3-6-21-14)13(17)12-2-7-22-8-12/h2,7-8H,3-6,9-11H2,1H3/t14-/m1/s1. The number of sulfonamides is 1. The summed E-state index contributed by atoms with van der Waals surface area (Å²) in [7, 11) is -3.33. The minimum Gasteiger partial charge on any atom is -0.377 e. The third kappa shape index (κ3) is 3.74. The summed E-state index contributed by atoms with van der Waals surface area (Å²) in [4.78, 5) is 14.3. The maximum absolute atomic E-state index is 12.6. The highest BCUT2D eigenvalue weighted by Gasteiger charge is 2.43. The van der Waals surface area contributed by atoms with Gasteiger partial charge in [-0.2, -0.15) is 15.6 Å². The Morgan fingerprint density at radius 2 is 2.13 bits per heavy atom. The quantitative estimate of drug-likeness (QED) is 0.756. The molecule has 0 radical (unpaired) electrons. The van der Waals surface area contributed by atoms with Crippen LogP contribution in [0.15, 0.2) is 16.8 Å². The van der Waals surface area contributed by atoms with E-state index in [9.17, 15) is 13.2 Å². The molecule has 1 amide bonds. The summed E-state index contributed by atoms with van der Waals surface area (Å²) in [5.74, 6) is -0.0518. The highest BCUT2D eigenvalue weighted by Crippen LogP contribution is 2.25. The monoisotopic (exact) mass is 360 g/mol. The zero-order valence-electron chi connectivity index (χ0n) is 12.9. The molecule has 1 spiro atoms. The van der Waals surface area contributed by atoms with E-state index in [-0.39, 0.29) is 19.1 Å². The third-order valence-corrected chi connectivity index (χ3v) is 6.02. The number of nitrogens with zero attached hydrogens (tertiary/aromatic N) is 2. The van der Waals surface area contributed by atoms with Gasteiger partial charge in [0.15, 0.2) is 0 Å². The van der Waals surface area contributed by atoms with Crippen LogP contribution in [0.4, 0.5) is 0 Å². The van der Waals surface area contributed by atoms with Gasteiger partial charge in [0, 0.05) is 25.0 Å². The van der Waals surface area contributed by atoms with Gasteiger partial charge in [-0.3, -0.25) is 4.79 Å². The molecule has 128 valence electrons. The number of carbonyl (C=O) groups is 1. The molecule has 0 unspecified atom stereocenters. The number of ether oxygens (including phenoxy) is 2. The molecule has 2 aliphatic heterocycles. The van der Waals surface area contributed by atoms with E-state index in [0.29, 0.717) is 38.4 Å². The Kier molecular flexibility index (Phi) is 4.75. The van der Waals surface area contributed by atoms with Gasteiger partial charge in [-0.25, -0.2) is 8.42 Å². The lowest BCUT2D eigenvalue weighted by atomic mass is 10.0. The van der Waals surface area contributed by atoms with Crippen LogP contribution >= 0.6 is 11.3 Å². The number of morpholine rings is 1. The number of thiophene rings is 1. The molecule has 0 bridgehead atoms. The van der Waals surface area contributed by atoms with Crippen molar-refractivity contribution in [1.29, 1.82) is 0 Å². The smallest absolute Gasteiger partial charge is 0.254 e. The first kappa shape index (κ1) is 16.8. The number of hydrogen-bond donors (Lipinski definition) is 0. The topological polar surface area (TPSA) is 76.2 Å². The van der Waals surface area contributed by atoms with Gasteiger partial charge in [0.25, 0.3) is 5.91 Å². The van der Waals surface area contributed by atoms with E-state index < -0.39 is 15.6 Å². The first-order chi connectivity index (χ1) is 10.9. The molecule has 0 saturated carbocycles. The molecule has 23 heavy (non-hydrogen) atoms. The summed E-state index contributed by atoms with van der Waals surface area (Å²) >= 11 is 1.48. The van der Waals surface area contributed by atoms with Crippen LogP contribution in [0.1, 0.15) is 10.4 Å². The molecule has 0 aromatic carbocycles. The second-order valence-corrected chi connectivity index (χ2v) is 8.68. The molecule has 0 N–H and O–H groups in total. The van der Waals surface area contributed by atoms with Crippen LogP contribution in [0.25, 0.3) is 0 Å². The van der Waals surface area contributed by atoms with E-state index in [4.69, 9.17) is 9.47 Å². The van der Waals surface area contributed by atoms with E-state index in [1.807, 2.05) is 10.8 Å². The lowest BCUT2D eigenvalue weighted by Gasteiger charge is -2.42. The average Bonchev–Trinajstić information content (AvgIpc) is 2.95. The van der Waals surface area contributed by atoms with Crippen molar-refractivity contribution in [2.45, 2.75) is 5.60 Å². The van der Waals surface area contributed by atoms with Crippen LogP contribution in [0.2, 0.25) is 0 Å². The predicted octanol–water partition coefficient (Wildman–Crippen LogP) is 0.251. The first-order valence-corrected chi connectivity index (χ1v) is 10.2. The molecule has 2 saturated heterocycles. The van der Waals surface area contributed by atoms with E-state index in [0.717, 1.165) is 0 Å². The summed E-state index contributed by atoms with van der Waals surface area (Å²) in [6.45, 7) is 2.32. The van der Waals surface area contributed by atoms with E-state index >= 15 is 0 Å². The fraction of sp³-hybridized carbons (Fsp3) is 0.643. The van der Waals surface area contributed by atoms with Gasteiger partial charge in [0.1, 0.15) is 5.60 Å². The van der Waals surface area contributed by atoms with Gasteiger partial charge in [0.2, 0.25) is 10.0 Å². The molecule has 0 aliphatic carbocycles. The second kappa shape index (κ2) is 6.48. The molecule has 3 rings (SSSR count). The fourth-order valence-electron chi connectivity index (χ4n) is 2.92. The van der Waals surface area contributed by atoms with Crippen LogP contribution in [-0.4, -0.2) is 81.4 Å². The Bertz CT molecular complexity index is 661. The number of carbonyl (C=O) groups excluding carboxylic acids is 1. The van der Waals surface area contributed by atoms with E-state index in [1.165, 1.54) is 21.9 Å². The molecular weight excluding hydrogens is 340 g/mol. The Morgan fingerprint density at radius 1 is 1.30 bits per heavy atom. The van der Waals surface area contributed by atoms with Gasteiger partial charge < -0.3 is 14.4 Å². The Morgan fingerprint density at radius 3 is 2.83 bits per heavy atom. The Balaban J connectivity index is 1.79. The summed E-state index contributed by atoms with van der Waals surface area (Å²) in [6, 6.07) is 1.79. The molecule has 2 fully saturated rings. The maximum atomic E-state index is 12.6. The Labute approximate surface area is 139 Å². The maximum Gasteiger partial charge on any atom is 0.254 e. The van der Waals surface area contributed by atoms with Crippen LogP contribution in [-0.2, 0) is 19.5 Å².